The number of anilines is 1. The van der Waals surface area contributed by atoms with Crippen LogP contribution in [0, 0.1) is 5.92 Å². The summed E-state index contributed by atoms with van der Waals surface area (Å²) in [5.74, 6) is -0.127. The molecule has 0 bridgehead atoms. The Labute approximate surface area is 209 Å². The number of nitrogens with zero attached hydrogens (tertiary/aromatic N) is 1. The molecule has 0 radical (unpaired) electrons. The van der Waals surface area contributed by atoms with Gasteiger partial charge in [0.1, 0.15) is 5.75 Å². The first-order chi connectivity index (χ1) is 15.7. The summed E-state index contributed by atoms with van der Waals surface area (Å²) in [5.41, 5.74) is 2.95. The van der Waals surface area contributed by atoms with Crippen LogP contribution in [0.15, 0.2) is 39.7 Å². The monoisotopic (exact) mass is 556 g/mol. The van der Waals surface area contributed by atoms with Crippen LogP contribution in [0.25, 0.3) is 0 Å². The molecule has 0 saturated carbocycles. The number of benzene rings is 2. The first-order valence-electron chi connectivity index (χ1n) is 11.3. The number of amides is 1. The van der Waals surface area contributed by atoms with E-state index in [4.69, 9.17) is 16.3 Å². The molecule has 9 heteroatoms. The Hall–Kier alpha value is -1.61. The zero-order chi connectivity index (χ0) is 24.2. The Bertz CT molecular complexity index is 1100. The number of hydrogen-bond acceptors (Lipinski definition) is 4. The summed E-state index contributed by atoms with van der Waals surface area (Å²) in [7, 11) is -3.78. The number of carbonyl (C=O) groups excluding carboxylic acids is 1. The van der Waals surface area contributed by atoms with Crippen molar-refractivity contribution in [2.24, 2.45) is 5.92 Å². The lowest BCUT2D eigenvalue weighted by Gasteiger charge is -2.31. The van der Waals surface area contributed by atoms with E-state index < -0.39 is 15.9 Å². The summed E-state index contributed by atoms with van der Waals surface area (Å²) < 4.78 is 34.3. The average Bonchev–Trinajstić information content (AvgIpc) is 2.81. The standard InChI is InChI=1S/C24H30BrClN2O4S/c1-4-16-12-19(25)13-17(5-2)23(16)27-24(29)18-8-7-11-28(15-18)33(30,31)20-9-10-22(32-6-3)21(26)14-20/h9-10,12-14,18H,4-8,11,15H2,1-3H3,(H,27,29)/t18-/m1/s1. The van der Waals surface area contributed by atoms with Crippen molar-refractivity contribution in [3.05, 3.63) is 51.0 Å². The third kappa shape index (κ3) is 5.91. The van der Waals surface area contributed by atoms with Gasteiger partial charge in [-0.05, 0) is 74.1 Å². The van der Waals surface area contributed by atoms with Gasteiger partial charge in [0.25, 0.3) is 0 Å². The molecule has 1 atom stereocenters. The van der Waals surface area contributed by atoms with Crippen LogP contribution in [-0.2, 0) is 27.7 Å². The van der Waals surface area contributed by atoms with Gasteiger partial charge in [0.15, 0.2) is 0 Å². The van der Waals surface area contributed by atoms with Crippen molar-refractivity contribution in [3.8, 4) is 5.75 Å². The van der Waals surface area contributed by atoms with Crippen molar-refractivity contribution in [2.75, 3.05) is 25.0 Å². The van der Waals surface area contributed by atoms with Gasteiger partial charge in [-0.3, -0.25) is 4.79 Å². The van der Waals surface area contributed by atoms with Gasteiger partial charge in [-0.2, -0.15) is 4.31 Å². The largest absolute Gasteiger partial charge is 0.492 e. The molecule has 2 aromatic carbocycles. The second-order valence-corrected chi connectivity index (χ2v) is 11.3. The van der Waals surface area contributed by atoms with Gasteiger partial charge in [-0.25, -0.2) is 8.42 Å². The third-order valence-corrected chi connectivity index (χ3v) is 8.49. The van der Waals surface area contributed by atoms with Crippen molar-refractivity contribution in [1.82, 2.24) is 4.31 Å². The minimum atomic E-state index is -3.78. The van der Waals surface area contributed by atoms with E-state index in [1.807, 2.05) is 32.9 Å². The molecule has 0 spiro atoms. The number of piperidine rings is 1. The van der Waals surface area contributed by atoms with Crippen LogP contribution in [0.1, 0.15) is 44.7 Å². The smallest absolute Gasteiger partial charge is 0.243 e. The summed E-state index contributed by atoms with van der Waals surface area (Å²) in [6.07, 6.45) is 2.82. The molecule has 33 heavy (non-hydrogen) atoms. The van der Waals surface area contributed by atoms with Gasteiger partial charge in [0.05, 0.1) is 22.4 Å². The van der Waals surface area contributed by atoms with E-state index in [1.165, 1.54) is 16.4 Å². The third-order valence-electron chi connectivity index (χ3n) is 5.87. The highest BCUT2D eigenvalue weighted by atomic mass is 79.9. The fraction of sp³-hybridized carbons (Fsp3) is 0.458. The van der Waals surface area contributed by atoms with Gasteiger partial charge in [0.2, 0.25) is 15.9 Å². The van der Waals surface area contributed by atoms with Gasteiger partial charge in [-0.1, -0.05) is 41.4 Å². The molecule has 0 aromatic heterocycles. The molecule has 1 heterocycles. The topological polar surface area (TPSA) is 75.7 Å². The maximum absolute atomic E-state index is 13.3. The Kier molecular flexibility index (Phi) is 8.83. The Morgan fingerprint density at radius 1 is 1.18 bits per heavy atom. The molecule has 0 aliphatic carbocycles. The van der Waals surface area contributed by atoms with Gasteiger partial charge < -0.3 is 10.1 Å². The summed E-state index contributed by atoms with van der Waals surface area (Å²) >= 11 is 9.75. The lowest BCUT2D eigenvalue weighted by Crippen LogP contribution is -2.43. The van der Waals surface area contributed by atoms with Crippen molar-refractivity contribution < 1.29 is 17.9 Å². The summed E-state index contributed by atoms with van der Waals surface area (Å²) in [4.78, 5) is 13.3. The second-order valence-electron chi connectivity index (χ2n) is 8.02. The highest BCUT2D eigenvalue weighted by molar-refractivity contribution is 9.10. The minimum Gasteiger partial charge on any atom is -0.492 e. The SMILES string of the molecule is CCOc1ccc(S(=O)(=O)N2CCC[C@@H](C(=O)Nc3c(CC)cc(Br)cc3CC)C2)cc1Cl. The number of ether oxygens (including phenoxy) is 1. The molecule has 6 nitrogen and oxygen atoms in total. The van der Waals surface area contributed by atoms with E-state index in [9.17, 15) is 13.2 Å². The maximum atomic E-state index is 13.3. The predicted octanol–water partition coefficient (Wildman–Crippen LogP) is 5.67. The Balaban J connectivity index is 1.79. The zero-order valence-electron chi connectivity index (χ0n) is 19.2. The Morgan fingerprint density at radius 2 is 1.85 bits per heavy atom. The number of hydrogen-bond donors (Lipinski definition) is 1. The van der Waals surface area contributed by atoms with Crippen LogP contribution in [-0.4, -0.2) is 38.3 Å². The van der Waals surface area contributed by atoms with E-state index in [2.05, 4.69) is 21.2 Å². The van der Waals surface area contributed by atoms with Crippen molar-refractivity contribution in [3.63, 3.8) is 0 Å². The molecule has 1 amide bonds. The quantitative estimate of drug-likeness (QED) is 0.454. The van der Waals surface area contributed by atoms with Gasteiger partial charge in [-0.15, -0.1) is 0 Å². The predicted molar refractivity (Wildman–Crippen MR) is 136 cm³/mol. The normalized spacial score (nSPS) is 17.1. The number of sulfonamides is 1. The lowest BCUT2D eigenvalue weighted by atomic mass is 9.97. The molecule has 2 aromatic rings. The fourth-order valence-corrected chi connectivity index (χ4v) is 6.51. The summed E-state index contributed by atoms with van der Waals surface area (Å²) in [5, 5.41) is 3.35. The number of carbonyl (C=O) groups is 1. The molecule has 180 valence electrons. The van der Waals surface area contributed by atoms with Crippen molar-refractivity contribution in [1.29, 1.82) is 0 Å². The van der Waals surface area contributed by atoms with Gasteiger partial charge >= 0.3 is 0 Å². The summed E-state index contributed by atoms with van der Waals surface area (Å²) in [6, 6.07) is 8.51. The molecular weight excluding hydrogens is 528 g/mol. The van der Waals surface area contributed by atoms with Crippen molar-refractivity contribution >= 4 is 49.1 Å². The highest BCUT2D eigenvalue weighted by Gasteiger charge is 2.34. The highest BCUT2D eigenvalue weighted by Crippen LogP contribution is 2.32. The van der Waals surface area contributed by atoms with Crippen LogP contribution < -0.4 is 10.1 Å². The zero-order valence-corrected chi connectivity index (χ0v) is 22.3. The van der Waals surface area contributed by atoms with Crippen LogP contribution in [0.4, 0.5) is 5.69 Å². The number of rotatable bonds is 8. The minimum absolute atomic E-state index is 0.103. The lowest BCUT2D eigenvalue weighted by molar-refractivity contribution is -0.120. The first-order valence-corrected chi connectivity index (χ1v) is 13.9. The van der Waals surface area contributed by atoms with E-state index in [-0.39, 0.29) is 22.4 Å². The second kappa shape index (κ2) is 11.2. The van der Waals surface area contributed by atoms with Gasteiger partial charge in [0, 0.05) is 23.2 Å². The molecular formula is C24H30BrClN2O4S. The van der Waals surface area contributed by atoms with Crippen molar-refractivity contribution in [2.45, 2.75) is 51.3 Å². The van der Waals surface area contributed by atoms with Crippen LogP contribution in [0.3, 0.4) is 0 Å². The fourth-order valence-electron chi connectivity index (χ4n) is 4.11. The van der Waals surface area contributed by atoms with Crippen LogP contribution >= 0.6 is 27.5 Å². The average molecular weight is 558 g/mol. The summed E-state index contributed by atoms with van der Waals surface area (Å²) in [6.45, 7) is 6.88. The maximum Gasteiger partial charge on any atom is 0.243 e. The molecule has 0 unspecified atom stereocenters. The molecule has 1 saturated heterocycles. The van der Waals surface area contributed by atoms with E-state index in [1.54, 1.807) is 6.07 Å². The molecule has 3 rings (SSSR count). The number of nitrogens with one attached hydrogen (secondary N) is 1. The number of halogens is 2. The first kappa shape index (κ1) is 26.0. The molecule has 1 aliphatic rings. The van der Waals surface area contributed by atoms with E-state index >= 15 is 0 Å². The van der Waals surface area contributed by atoms with Crippen LogP contribution in [0.5, 0.6) is 5.75 Å². The molecule has 1 N–H and O–H groups in total. The van der Waals surface area contributed by atoms with E-state index in [0.29, 0.717) is 31.7 Å². The van der Waals surface area contributed by atoms with E-state index in [0.717, 1.165) is 34.1 Å². The molecule has 1 aliphatic heterocycles. The van der Waals surface area contributed by atoms with Crippen LogP contribution in [0.2, 0.25) is 5.02 Å². The number of aryl methyl sites for hydroxylation is 2. The Morgan fingerprint density at radius 3 is 2.42 bits per heavy atom. The molecule has 1 fully saturated rings.